The number of fused-ring (bicyclic) bond motifs is 1. The van der Waals surface area contributed by atoms with Crippen LogP contribution in [0.3, 0.4) is 0 Å². The summed E-state index contributed by atoms with van der Waals surface area (Å²) < 4.78 is 0. The Hall–Kier alpha value is -2.59. The Morgan fingerprint density at radius 1 is 1.16 bits per heavy atom. The lowest BCUT2D eigenvalue weighted by Gasteiger charge is -2.06. The van der Waals surface area contributed by atoms with E-state index in [0.717, 1.165) is 0 Å². The van der Waals surface area contributed by atoms with Crippen LogP contribution in [0.25, 0.3) is 10.9 Å². The molecule has 1 aromatic heterocycles. The van der Waals surface area contributed by atoms with Gasteiger partial charge in [0.15, 0.2) is 5.82 Å². The van der Waals surface area contributed by atoms with E-state index in [1.807, 2.05) is 6.07 Å². The lowest BCUT2D eigenvalue weighted by Crippen LogP contribution is -2.16. The standard InChI is InChI=1S/C16H8Cl3N5O/c17-9-5-11(19)13(6-10(9)18)23-24-14(7-20)15-21-12-4-2-1-3-8(12)16(25)22-15/h1-6,23H,(H,21,22,25)/b24-14-. The molecule has 0 bridgehead atoms. The van der Waals surface area contributed by atoms with Crippen LogP contribution in [0.15, 0.2) is 46.3 Å². The second-order valence-electron chi connectivity index (χ2n) is 4.86. The molecule has 6 nitrogen and oxygen atoms in total. The molecule has 3 rings (SSSR count). The third kappa shape index (κ3) is 3.59. The van der Waals surface area contributed by atoms with Gasteiger partial charge in [-0.2, -0.15) is 10.4 Å². The van der Waals surface area contributed by atoms with E-state index in [1.54, 1.807) is 24.3 Å². The van der Waals surface area contributed by atoms with Crippen molar-refractivity contribution in [1.82, 2.24) is 9.97 Å². The normalized spacial score (nSPS) is 11.4. The van der Waals surface area contributed by atoms with Crippen LogP contribution in [-0.4, -0.2) is 15.7 Å². The zero-order chi connectivity index (χ0) is 18.0. The summed E-state index contributed by atoms with van der Waals surface area (Å²) in [5, 5.41) is 14.5. The SMILES string of the molecule is N#C/C(=N/Nc1cc(Cl)c(Cl)cc1Cl)c1nc2ccccc2c(=O)[nH]1. The van der Waals surface area contributed by atoms with Gasteiger partial charge < -0.3 is 4.98 Å². The van der Waals surface area contributed by atoms with E-state index in [-0.39, 0.29) is 27.1 Å². The smallest absolute Gasteiger partial charge is 0.259 e. The number of halogens is 3. The summed E-state index contributed by atoms with van der Waals surface area (Å²) in [4.78, 5) is 18.9. The predicted octanol–water partition coefficient (Wildman–Crippen LogP) is 4.22. The molecule has 0 aliphatic heterocycles. The number of hydrogen-bond acceptors (Lipinski definition) is 5. The summed E-state index contributed by atoms with van der Waals surface area (Å²) in [6, 6.07) is 11.6. The molecular weight excluding hydrogens is 385 g/mol. The summed E-state index contributed by atoms with van der Waals surface area (Å²) in [6.45, 7) is 0. The van der Waals surface area contributed by atoms with E-state index in [4.69, 9.17) is 34.8 Å². The molecule has 0 fully saturated rings. The Bertz CT molecular complexity index is 1100. The minimum atomic E-state index is -0.365. The molecule has 0 atom stereocenters. The number of para-hydroxylation sites is 1. The van der Waals surface area contributed by atoms with Crippen molar-refractivity contribution in [2.75, 3.05) is 5.43 Å². The molecule has 0 saturated carbocycles. The largest absolute Gasteiger partial charge is 0.304 e. The fourth-order valence-electron chi connectivity index (χ4n) is 2.05. The number of anilines is 1. The first-order valence-electron chi connectivity index (χ1n) is 6.87. The molecular formula is C16H8Cl3N5O. The second kappa shape index (κ2) is 7.11. The molecule has 124 valence electrons. The number of H-pyrrole nitrogens is 1. The van der Waals surface area contributed by atoms with Crippen LogP contribution in [0, 0.1) is 11.3 Å². The first-order valence-corrected chi connectivity index (χ1v) is 8.01. The van der Waals surface area contributed by atoms with Gasteiger partial charge in [0.05, 0.1) is 31.7 Å². The number of aromatic amines is 1. The van der Waals surface area contributed by atoms with Crippen molar-refractivity contribution in [2.24, 2.45) is 5.10 Å². The molecule has 0 unspecified atom stereocenters. The van der Waals surface area contributed by atoms with Crippen LogP contribution in [0.1, 0.15) is 5.82 Å². The van der Waals surface area contributed by atoms with E-state index in [0.29, 0.717) is 21.6 Å². The number of nitrogens with one attached hydrogen (secondary N) is 2. The highest BCUT2D eigenvalue weighted by molar-refractivity contribution is 6.44. The van der Waals surface area contributed by atoms with Crippen molar-refractivity contribution in [2.45, 2.75) is 0 Å². The maximum absolute atomic E-state index is 12.1. The number of nitrogens with zero attached hydrogens (tertiary/aromatic N) is 3. The molecule has 2 N–H and O–H groups in total. The summed E-state index contributed by atoms with van der Waals surface area (Å²) >= 11 is 17.8. The molecule has 0 saturated heterocycles. The molecule has 1 heterocycles. The van der Waals surface area contributed by atoms with E-state index >= 15 is 0 Å². The number of hydrogen-bond donors (Lipinski definition) is 2. The van der Waals surface area contributed by atoms with E-state index in [1.165, 1.54) is 12.1 Å². The number of hydrazone groups is 1. The van der Waals surface area contributed by atoms with Gasteiger partial charge in [-0.1, -0.05) is 46.9 Å². The molecule has 9 heteroatoms. The van der Waals surface area contributed by atoms with E-state index in [2.05, 4.69) is 20.5 Å². The van der Waals surface area contributed by atoms with Gasteiger partial charge >= 0.3 is 0 Å². The Labute approximate surface area is 156 Å². The average Bonchev–Trinajstić information content (AvgIpc) is 2.60. The quantitative estimate of drug-likeness (QED) is 0.396. The summed E-state index contributed by atoms with van der Waals surface area (Å²) in [6.07, 6.45) is 0. The van der Waals surface area contributed by atoms with Crippen LogP contribution in [0.4, 0.5) is 5.69 Å². The Morgan fingerprint density at radius 2 is 1.88 bits per heavy atom. The maximum Gasteiger partial charge on any atom is 0.259 e. The molecule has 0 amide bonds. The fourth-order valence-corrected chi connectivity index (χ4v) is 2.64. The summed E-state index contributed by atoms with van der Waals surface area (Å²) in [7, 11) is 0. The molecule has 25 heavy (non-hydrogen) atoms. The maximum atomic E-state index is 12.1. The highest BCUT2D eigenvalue weighted by Gasteiger charge is 2.11. The van der Waals surface area contributed by atoms with E-state index < -0.39 is 0 Å². The van der Waals surface area contributed by atoms with Crippen LogP contribution < -0.4 is 11.0 Å². The van der Waals surface area contributed by atoms with Crippen molar-refractivity contribution in [3.8, 4) is 6.07 Å². The monoisotopic (exact) mass is 391 g/mol. The zero-order valence-corrected chi connectivity index (χ0v) is 14.6. The molecule has 0 spiro atoms. The van der Waals surface area contributed by atoms with Crippen LogP contribution in [0.5, 0.6) is 0 Å². The van der Waals surface area contributed by atoms with E-state index in [9.17, 15) is 10.1 Å². The van der Waals surface area contributed by atoms with Gasteiger partial charge in [-0.15, -0.1) is 0 Å². The molecule has 0 aliphatic rings. The predicted molar refractivity (Wildman–Crippen MR) is 99.6 cm³/mol. The number of aromatic nitrogens is 2. The van der Waals surface area contributed by atoms with Crippen LogP contribution >= 0.6 is 34.8 Å². The highest BCUT2D eigenvalue weighted by Crippen LogP contribution is 2.32. The number of nitriles is 1. The van der Waals surface area contributed by atoms with Gasteiger partial charge in [-0.05, 0) is 24.3 Å². The third-order valence-electron chi connectivity index (χ3n) is 3.24. The first kappa shape index (κ1) is 17.2. The van der Waals surface area contributed by atoms with Gasteiger partial charge in [-0.25, -0.2) is 4.98 Å². The molecule has 3 aromatic rings. The lowest BCUT2D eigenvalue weighted by molar-refractivity contribution is 1.13. The van der Waals surface area contributed by atoms with Crippen molar-refractivity contribution in [3.05, 3.63) is 67.6 Å². The van der Waals surface area contributed by atoms with Crippen molar-refractivity contribution in [3.63, 3.8) is 0 Å². The Balaban J connectivity index is 2.01. The molecule has 0 radical (unpaired) electrons. The van der Waals surface area contributed by atoms with Crippen molar-refractivity contribution < 1.29 is 0 Å². The first-order chi connectivity index (χ1) is 12.0. The molecule has 0 aliphatic carbocycles. The summed E-state index contributed by atoms with van der Waals surface area (Å²) in [5.41, 5.74) is 2.95. The lowest BCUT2D eigenvalue weighted by atomic mass is 10.2. The number of rotatable bonds is 3. The molecule has 2 aromatic carbocycles. The minimum Gasteiger partial charge on any atom is -0.304 e. The van der Waals surface area contributed by atoms with Crippen molar-refractivity contribution >= 4 is 57.1 Å². The average molecular weight is 393 g/mol. The minimum absolute atomic E-state index is 0.0369. The summed E-state index contributed by atoms with van der Waals surface area (Å²) in [5.74, 6) is 0.0369. The Kier molecular flexibility index (Phi) is 4.91. The highest BCUT2D eigenvalue weighted by atomic mass is 35.5. The van der Waals surface area contributed by atoms with Crippen molar-refractivity contribution in [1.29, 1.82) is 5.26 Å². The van der Waals surface area contributed by atoms with Gasteiger partial charge in [0.25, 0.3) is 5.56 Å². The number of benzene rings is 2. The van der Waals surface area contributed by atoms with Gasteiger partial charge in [-0.3, -0.25) is 10.2 Å². The third-order valence-corrected chi connectivity index (χ3v) is 4.28. The van der Waals surface area contributed by atoms with Gasteiger partial charge in [0, 0.05) is 0 Å². The van der Waals surface area contributed by atoms with Crippen LogP contribution in [0.2, 0.25) is 15.1 Å². The second-order valence-corrected chi connectivity index (χ2v) is 6.08. The zero-order valence-electron chi connectivity index (χ0n) is 12.3. The van der Waals surface area contributed by atoms with Crippen LogP contribution in [-0.2, 0) is 0 Å². The van der Waals surface area contributed by atoms with Gasteiger partial charge in [0.2, 0.25) is 5.71 Å². The fraction of sp³-hybridized carbons (Fsp3) is 0. The Morgan fingerprint density at radius 3 is 2.64 bits per heavy atom. The topological polar surface area (TPSA) is 93.9 Å². The van der Waals surface area contributed by atoms with Gasteiger partial charge in [0.1, 0.15) is 6.07 Å².